The molecule has 0 bridgehead atoms. The number of amides is 2. The van der Waals surface area contributed by atoms with Crippen molar-refractivity contribution in [1.29, 1.82) is 0 Å². The molecule has 6 rings (SSSR count). The molecule has 3 aliphatic heterocycles. The van der Waals surface area contributed by atoms with E-state index in [0.29, 0.717) is 39.4 Å². The lowest BCUT2D eigenvalue weighted by atomic mass is 9.77. The van der Waals surface area contributed by atoms with Gasteiger partial charge in [-0.2, -0.15) is 0 Å². The van der Waals surface area contributed by atoms with E-state index in [1.807, 2.05) is 84.5 Å². The number of rotatable bonds is 5. The van der Waals surface area contributed by atoms with Crippen molar-refractivity contribution in [1.82, 2.24) is 14.4 Å². The van der Waals surface area contributed by atoms with E-state index in [2.05, 4.69) is 16.7 Å². The van der Waals surface area contributed by atoms with Gasteiger partial charge in [0.05, 0.1) is 24.6 Å². The number of likely N-dealkylation sites (tertiary alicyclic amines) is 2. The van der Waals surface area contributed by atoms with Crippen LogP contribution in [0.25, 0.3) is 11.8 Å². The van der Waals surface area contributed by atoms with Gasteiger partial charge in [-0.05, 0) is 68.9 Å². The number of para-hydroxylation sites is 2. The van der Waals surface area contributed by atoms with Crippen LogP contribution in [-0.2, 0) is 26.5 Å². The number of benzene rings is 2. The van der Waals surface area contributed by atoms with Crippen LogP contribution in [0.1, 0.15) is 49.9 Å². The Hall–Kier alpha value is -3.84. The summed E-state index contributed by atoms with van der Waals surface area (Å²) in [6.07, 6.45) is 8.25. The Balaban J connectivity index is 1.11. The number of piperidine rings is 1. The fourth-order valence-corrected chi connectivity index (χ4v) is 6.51. The number of carbonyl (C=O) groups excluding carboxylic acids is 2. The van der Waals surface area contributed by atoms with Gasteiger partial charge in [0, 0.05) is 49.6 Å². The van der Waals surface area contributed by atoms with E-state index in [-0.39, 0.29) is 17.2 Å². The lowest BCUT2D eigenvalue weighted by Crippen LogP contribution is -2.48. The summed E-state index contributed by atoms with van der Waals surface area (Å²) in [5.41, 5.74) is 2.88. The summed E-state index contributed by atoms with van der Waals surface area (Å²) in [7, 11) is 0. The zero-order valence-electron chi connectivity index (χ0n) is 23.3. The maximum Gasteiger partial charge on any atom is 0.260 e. The Morgan fingerprint density at radius 1 is 0.950 bits per heavy atom. The van der Waals surface area contributed by atoms with Crippen LogP contribution in [0.3, 0.4) is 0 Å². The first-order valence-electron chi connectivity index (χ1n) is 14.3. The van der Waals surface area contributed by atoms with Crippen molar-refractivity contribution in [2.75, 3.05) is 32.8 Å². The van der Waals surface area contributed by atoms with Crippen LogP contribution in [0.5, 0.6) is 5.75 Å². The van der Waals surface area contributed by atoms with E-state index in [9.17, 15) is 9.59 Å². The second-order valence-electron chi connectivity index (χ2n) is 11.3. The third-order valence-corrected chi connectivity index (χ3v) is 8.90. The van der Waals surface area contributed by atoms with E-state index < -0.39 is 5.60 Å². The third-order valence-electron chi connectivity index (χ3n) is 8.90. The minimum Gasteiger partial charge on any atom is -0.493 e. The van der Waals surface area contributed by atoms with Crippen LogP contribution in [0, 0.1) is 5.41 Å². The van der Waals surface area contributed by atoms with Gasteiger partial charge >= 0.3 is 0 Å². The van der Waals surface area contributed by atoms with Gasteiger partial charge in [-0.15, -0.1) is 0 Å². The van der Waals surface area contributed by atoms with Crippen LogP contribution in [0.15, 0.2) is 72.9 Å². The summed E-state index contributed by atoms with van der Waals surface area (Å²) in [5.74, 6) is 0.822. The number of carbonyl (C=O) groups is 2. The molecule has 7 nitrogen and oxygen atoms in total. The zero-order valence-corrected chi connectivity index (χ0v) is 23.3. The number of ether oxygens (including phenoxy) is 2. The van der Waals surface area contributed by atoms with Crippen LogP contribution < -0.4 is 4.74 Å². The first kappa shape index (κ1) is 26.4. The molecule has 3 aromatic rings. The highest BCUT2D eigenvalue weighted by atomic mass is 16.5. The van der Waals surface area contributed by atoms with Gasteiger partial charge in [0.2, 0.25) is 5.91 Å². The zero-order chi connectivity index (χ0) is 27.7. The minimum absolute atomic E-state index is 0.0199. The van der Waals surface area contributed by atoms with E-state index in [4.69, 9.17) is 9.47 Å². The first-order valence-corrected chi connectivity index (χ1v) is 14.3. The van der Waals surface area contributed by atoms with E-state index in [1.165, 1.54) is 0 Å². The van der Waals surface area contributed by atoms with Crippen molar-refractivity contribution in [2.24, 2.45) is 5.41 Å². The highest BCUT2D eigenvalue weighted by Crippen LogP contribution is 2.43. The van der Waals surface area contributed by atoms with Crippen molar-refractivity contribution in [3.05, 3.63) is 89.8 Å². The molecular formula is C33H37N3O4. The second kappa shape index (κ2) is 10.6. The molecule has 4 heterocycles. The largest absolute Gasteiger partial charge is 0.493 e. The van der Waals surface area contributed by atoms with Crippen molar-refractivity contribution < 1.29 is 19.1 Å². The number of hydrogen-bond acceptors (Lipinski definition) is 4. The molecule has 40 heavy (non-hydrogen) atoms. The van der Waals surface area contributed by atoms with Gasteiger partial charge in [-0.25, -0.2) is 0 Å². The highest BCUT2D eigenvalue weighted by molar-refractivity contribution is 5.92. The number of fused-ring (bicyclic) bond motifs is 3. The summed E-state index contributed by atoms with van der Waals surface area (Å²) in [6, 6.07) is 19.9. The molecule has 0 aliphatic carbocycles. The molecule has 7 heteroatoms. The standard InChI is InChI=1S/C33H37N3O4/c1-3-39-28-12-7-5-9-25(28)14-15-30(37)34-20-16-33(17-21-34)18-22-35(24-33)31(38)32(2)29-13-8-19-36(29)27-11-6-4-10-26(27)23-40-32/h4-15,19H,3,16-18,20-24H2,1-2H3. The fraction of sp³-hybridized carbons (Fsp3) is 0.394. The molecule has 0 N–H and O–H groups in total. The van der Waals surface area contributed by atoms with Crippen molar-refractivity contribution in [3.63, 3.8) is 0 Å². The van der Waals surface area contributed by atoms with Gasteiger partial charge in [0.15, 0.2) is 5.60 Å². The predicted molar refractivity (Wildman–Crippen MR) is 154 cm³/mol. The minimum atomic E-state index is -1.06. The van der Waals surface area contributed by atoms with Gasteiger partial charge in [0.25, 0.3) is 5.91 Å². The first-order chi connectivity index (χ1) is 19.4. The predicted octanol–water partition coefficient (Wildman–Crippen LogP) is 5.18. The van der Waals surface area contributed by atoms with Crippen LogP contribution in [0.2, 0.25) is 0 Å². The summed E-state index contributed by atoms with van der Waals surface area (Å²) in [4.78, 5) is 31.0. The molecule has 2 fully saturated rings. The Bertz CT molecular complexity index is 1430. The molecule has 208 valence electrons. The molecule has 2 saturated heterocycles. The Labute approximate surface area is 236 Å². The molecule has 1 atom stereocenters. The summed E-state index contributed by atoms with van der Waals surface area (Å²) < 4.78 is 14.2. The van der Waals surface area contributed by atoms with Crippen molar-refractivity contribution >= 4 is 17.9 Å². The smallest absolute Gasteiger partial charge is 0.260 e. The maximum atomic E-state index is 14.1. The Morgan fingerprint density at radius 3 is 2.48 bits per heavy atom. The Morgan fingerprint density at radius 2 is 1.68 bits per heavy atom. The molecular weight excluding hydrogens is 502 g/mol. The van der Waals surface area contributed by atoms with E-state index in [1.54, 1.807) is 6.08 Å². The molecule has 0 radical (unpaired) electrons. The average molecular weight is 540 g/mol. The van der Waals surface area contributed by atoms with Crippen molar-refractivity contribution in [2.45, 2.75) is 45.3 Å². The van der Waals surface area contributed by atoms with Gasteiger partial charge < -0.3 is 23.8 Å². The molecule has 1 spiro atoms. The number of aromatic nitrogens is 1. The van der Waals surface area contributed by atoms with E-state index in [0.717, 1.165) is 47.5 Å². The summed E-state index contributed by atoms with van der Waals surface area (Å²) in [5, 5.41) is 0. The van der Waals surface area contributed by atoms with Crippen molar-refractivity contribution in [3.8, 4) is 11.4 Å². The molecule has 1 unspecified atom stereocenters. The monoisotopic (exact) mass is 539 g/mol. The quantitative estimate of drug-likeness (QED) is 0.420. The third kappa shape index (κ3) is 4.73. The maximum absolute atomic E-state index is 14.1. The Kier molecular flexibility index (Phi) is 7.00. The van der Waals surface area contributed by atoms with Crippen LogP contribution in [0.4, 0.5) is 0 Å². The van der Waals surface area contributed by atoms with Gasteiger partial charge in [0.1, 0.15) is 5.75 Å². The lowest BCUT2D eigenvalue weighted by molar-refractivity contribution is -0.159. The topological polar surface area (TPSA) is 64.0 Å². The molecule has 0 saturated carbocycles. The second-order valence-corrected chi connectivity index (χ2v) is 11.3. The summed E-state index contributed by atoms with van der Waals surface area (Å²) >= 11 is 0. The van der Waals surface area contributed by atoms with Crippen LogP contribution in [-0.4, -0.2) is 59.0 Å². The average Bonchev–Trinajstić information content (AvgIpc) is 3.62. The molecule has 3 aliphatic rings. The molecule has 1 aromatic heterocycles. The number of hydrogen-bond donors (Lipinski definition) is 0. The van der Waals surface area contributed by atoms with E-state index >= 15 is 0 Å². The summed E-state index contributed by atoms with van der Waals surface area (Å²) in [6.45, 7) is 7.65. The van der Waals surface area contributed by atoms with Gasteiger partial charge in [-0.3, -0.25) is 9.59 Å². The SMILES string of the molecule is CCOc1ccccc1C=CC(=O)N1CCC2(CC1)CCN(C(=O)C1(C)OCc3ccccc3-n3cccc31)C2. The highest BCUT2D eigenvalue weighted by Gasteiger charge is 2.49. The lowest BCUT2D eigenvalue weighted by Gasteiger charge is -2.39. The van der Waals surface area contributed by atoms with Crippen LogP contribution >= 0.6 is 0 Å². The molecule has 2 amide bonds. The fourth-order valence-electron chi connectivity index (χ4n) is 6.51. The molecule has 2 aromatic carbocycles. The number of nitrogens with zero attached hydrogens (tertiary/aromatic N) is 3. The van der Waals surface area contributed by atoms with Gasteiger partial charge in [-0.1, -0.05) is 36.4 Å². The normalized spacial score (nSPS) is 21.8.